The smallest absolute Gasteiger partial charge is 0.453 e. The first-order valence-electron chi connectivity index (χ1n) is 24.5. The summed E-state index contributed by atoms with van der Waals surface area (Å²) in [6.07, 6.45) is 9.47. The third kappa shape index (κ3) is 15.9. The second-order valence-corrected chi connectivity index (χ2v) is 24.7. The van der Waals surface area contributed by atoms with E-state index in [-0.39, 0.29) is 51.9 Å². The van der Waals surface area contributed by atoms with E-state index < -0.39 is 36.1 Å². The molecule has 0 saturated heterocycles. The zero-order valence-corrected chi connectivity index (χ0v) is 41.4. The minimum absolute atomic E-state index is 0.00714. The number of ether oxygens (including phenoxy) is 2. The number of alkyl halides is 5. The van der Waals surface area contributed by atoms with E-state index in [1.807, 2.05) is 6.07 Å². The SMILES string of the molecule is CC(=O)Oc1ccc2c(c1)CC(CCCCCCCCC[S+]([O-])CCCC(F)(F)C(F)(F)F)C1C2CCC2(C)C(OC(=O)C(CCC(C)CC(C)(C)C)C(C)CC(C)(C)C)CCC12. The van der Waals surface area contributed by atoms with Crippen molar-refractivity contribution in [2.24, 2.45) is 51.8 Å². The van der Waals surface area contributed by atoms with Gasteiger partial charge in [-0.05, 0) is 153 Å². The Hall–Kier alpha value is -1.88. The number of hydrogen-bond donors (Lipinski definition) is 0. The Bertz CT molecular complexity index is 1600. The van der Waals surface area contributed by atoms with Crippen molar-refractivity contribution < 1.29 is 45.6 Å². The standard InChI is InChI=1S/C52H83F5O5S/c1-35(33-48(4,5)6)20-22-41(36(2)34-49(7,8)9)47(59)62-45-25-24-44-46-38(31-39-32-40(61-37(3)58)21-23-42(39)43(46)26-28-50(44,45)10)19-16-14-12-11-13-15-17-29-63(60)30-18-27-51(53,54)52(55,56)57/h21,23,32,35-36,38,41,43-46H,11-20,22,24-31,33-34H2,1-10H3. The zero-order chi connectivity index (χ0) is 47.0. The topological polar surface area (TPSA) is 75.7 Å². The molecule has 10 atom stereocenters. The fourth-order valence-corrected chi connectivity index (χ4v) is 13.5. The van der Waals surface area contributed by atoms with Gasteiger partial charge in [-0.25, -0.2) is 0 Å². The van der Waals surface area contributed by atoms with Crippen LogP contribution in [0.3, 0.4) is 0 Å². The van der Waals surface area contributed by atoms with Gasteiger partial charge in [0.2, 0.25) is 0 Å². The summed E-state index contributed by atoms with van der Waals surface area (Å²) in [5.74, 6) is -1.79. The summed E-state index contributed by atoms with van der Waals surface area (Å²) in [5.41, 5.74) is 2.95. The Morgan fingerprint density at radius 1 is 0.841 bits per heavy atom. The van der Waals surface area contributed by atoms with Crippen LogP contribution in [0.15, 0.2) is 18.2 Å². The van der Waals surface area contributed by atoms with Crippen LogP contribution in [-0.2, 0) is 31.9 Å². The van der Waals surface area contributed by atoms with Crippen LogP contribution in [0.1, 0.15) is 202 Å². The third-order valence-electron chi connectivity index (χ3n) is 14.9. The predicted octanol–water partition coefficient (Wildman–Crippen LogP) is 15.0. The van der Waals surface area contributed by atoms with Crippen LogP contribution in [0, 0.1) is 51.8 Å². The Balaban J connectivity index is 1.37. The molecule has 0 heterocycles. The largest absolute Gasteiger partial charge is 0.616 e. The molecule has 0 radical (unpaired) electrons. The molecular formula is C52H83F5O5S. The molecule has 4 rings (SSSR count). The quantitative estimate of drug-likeness (QED) is 0.0359. The molecule has 0 N–H and O–H groups in total. The maximum absolute atomic E-state index is 14.4. The third-order valence-corrected chi connectivity index (χ3v) is 16.4. The summed E-state index contributed by atoms with van der Waals surface area (Å²) in [6, 6.07) is 6.23. The van der Waals surface area contributed by atoms with Crippen molar-refractivity contribution in [2.75, 3.05) is 11.5 Å². The molecule has 5 nitrogen and oxygen atoms in total. The van der Waals surface area contributed by atoms with Gasteiger partial charge in [-0.2, -0.15) is 22.0 Å². The van der Waals surface area contributed by atoms with Gasteiger partial charge >= 0.3 is 24.0 Å². The van der Waals surface area contributed by atoms with Crippen LogP contribution in [0.5, 0.6) is 5.75 Å². The van der Waals surface area contributed by atoms with Crippen molar-refractivity contribution in [3.05, 3.63) is 29.3 Å². The van der Waals surface area contributed by atoms with Gasteiger partial charge in [-0.1, -0.05) is 112 Å². The first-order chi connectivity index (χ1) is 29.2. The van der Waals surface area contributed by atoms with E-state index >= 15 is 0 Å². The molecule has 0 aliphatic heterocycles. The number of esters is 2. The maximum Gasteiger partial charge on any atom is 0.453 e. The summed E-state index contributed by atoms with van der Waals surface area (Å²) in [6.45, 7) is 22.1. The number of hydrogen-bond acceptors (Lipinski definition) is 5. The van der Waals surface area contributed by atoms with Crippen molar-refractivity contribution in [1.29, 1.82) is 0 Å². The summed E-state index contributed by atoms with van der Waals surface area (Å²) in [4.78, 5) is 26.3. The summed E-state index contributed by atoms with van der Waals surface area (Å²) in [5, 5.41) is 0. The number of rotatable bonds is 23. The Labute approximate surface area is 381 Å². The first kappa shape index (κ1) is 53.7. The highest BCUT2D eigenvalue weighted by atomic mass is 32.2. The van der Waals surface area contributed by atoms with Gasteiger partial charge in [-0.15, -0.1) is 0 Å². The molecule has 10 unspecified atom stereocenters. The average molecular weight is 915 g/mol. The van der Waals surface area contributed by atoms with Gasteiger partial charge in [0.05, 0.1) is 5.92 Å². The predicted molar refractivity (Wildman–Crippen MR) is 245 cm³/mol. The highest BCUT2D eigenvalue weighted by molar-refractivity contribution is 7.91. The van der Waals surface area contributed by atoms with Crippen LogP contribution >= 0.6 is 0 Å². The van der Waals surface area contributed by atoms with Gasteiger partial charge in [0, 0.05) is 18.8 Å². The molecular weight excluding hydrogens is 832 g/mol. The lowest BCUT2D eigenvalue weighted by Gasteiger charge is -2.53. The fourth-order valence-electron chi connectivity index (χ4n) is 12.3. The molecule has 0 bridgehead atoms. The highest BCUT2D eigenvalue weighted by Gasteiger charge is 2.59. The van der Waals surface area contributed by atoms with Gasteiger partial charge in [-0.3, -0.25) is 9.59 Å². The lowest BCUT2D eigenvalue weighted by molar-refractivity contribution is -0.284. The second kappa shape index (κ2) is 22.7. The minimum atomic E-state index is -5.57. The van der Waals surface area contributed by atoms with Gasteiger partial charge in [0.1, 0.15) is 23.4 Å². The number of carbonyl (C=O) groups is 2. The van der Waals surface area contributed by atoms with E-state index in [0.717, 1.165) is 103 Å². The van der Waals surface area contributed by atoms with Crippen LogP contribution in [0.2, 0.25) is 0 Å². The fraction of sp³-hybridized carbons (Fsp3) is 0.846. The van der Waals surface area contributed by atoms with Gasteiger partial charge in [0.15, 0.2) is 0 Å². The molecule has 3 aliphatic carbocycles. The van der Waals surface area contributed by atoms with Crippen molar-refractivity contribution in [1.82, 2.24) is 0 Å². The number of fused-ring (bicyclic) bond motifs is 5. The highest BCUT2D eigenvalue weighted by Crippen LogP contribution is 2.63. The maximum atomic E-state index is 14.4. The van der Waals surface area contributed by atoms with Crippen molar-refractivity contribution in [2.45, 2.75) is 215 Å². The molecule has 0 spiro atoms. The zero-order valence-electron chi connectivity index (χ0n) is 40.5. The summed E-state index contributed by atoms with van der Waals surface area (Å²) in [7, 11) is 0. The van der Waals surface area contributed by atoms with E-state index in [4.69, 9.17) is 9.47 Å². The summed E-state index contributed by atoms with van der Waals surface area (Å²) >= 11 is -1.39. The molecule has 362 valence electrons. The summed E-state index contributed by atoms with van der Waals surface area (Å²) < 4.78 is 88.1. The number of halogens is 5. The Kier molecular flexibility index (Phi) is 19.4. The normalized spacial score (nSPS) is 25.9. The lowest BCUT2D eigenvalue weighted by Crippen LogP contribution is -2.48. The molecule has 0 aromatic heterocycles. The van der Waals surface area contributed by atoms with Gasteiger partial charge in [0.25, 0.3) is 0 Å². The van der Waals surface area contributed by atoms with Crippen LogP contribution < -0.4 is 4.74 Å². The van der Waals surface area contributed by atoms with E-state index in [0.29, 0.717) is 47.5 Å². The van der Waals surface area contributed by atoms with Crippen molar-refractivity contribution in [3.8, 4) is 5.75 Å². The monoisotopic (exact) mass is 915 g/mol. The average Bonchev–Trinajstić information content (AvgIpc) is 3.46. The molecule has 0 amide bonds. The minimum Gasteiger partial charge on any atom is -0.616 e. The van der Waals surface area contributed by atoms with Crippen LogP contribution in [0.4, 0.5) is 22.0 Å². The Morgan fingerprint density at radius 2 is 1.46 bits per heavy atom. The molecule has 3 aliphatic rings. The van der Waals surface area contributed by atoms with Crippen molar-refractivity contribution in [3.63, 3.8) is 0 Å². The second-order valence-electron chi connectivity index (χ2n) is 23.0. The lowest BCUT2D eigenvalue weighted by atomic mass is 9.52. The molecule has 2 saturated carbocycles. The number of carbonyl (C=O) groups excluding carboxylic acids is 2. The Morgan fingerprint density at radius 3 is 2.08 bits per heavy atom. The molecule has 1 aromatic carbocycles. The van der Waals surface area contributed by atoms with E-state index in [1.165, 1.54) is 18.1 Å². The van der Waals surface area contributed by atoms with E-state index in [1.54, 1.807) is 0 Å². The van der Waals surface area contributed by atoms with Gasteiger partial charge < -0.3 is 14.0 Å². The first-order valence-corrected chi connectivity index (χ1v) is 26.0. The molecule has 1 aromatic rings. The van der Waals surface area contributed by atoms with Crippen LogP contribution in [-0.4, -0.2) is 46.2 Å². The molecule has 2 fully saturated rings. The van der Waals surface area contributed by atoms with Crippen LogP contribution in [0.25, 0.3) is 0 Å². The van der Waals surface area contributed by atoms with E-state index in [9.17, 15) is 36.1 Å². The van der Waals surface area contributed by atoms with Crippen molar-refractivity contribution >= 4 is 23.1 Å². The molecule has 11 heteroatoms. The number of unbranched alkanes of at least 4 members (excludes halogenated alkanes) is 6. The molecule has 63 heavy (non-hydrogen) atoms. The van der Waals surface area contributed by atoms with E-state index in [2.05, 4.69) is 74.4 Å². The number of benzene rings is 1.